The number of amides is 2. The molecule has 1 unspecified atom stereocenters. The third-order valence-electron chi connectivity index (χ3n) is 6.13. The number of aryl methyl sites for hydroxylation is 1. The highest BCUT2D eigenvalue weighted by Gasteiger charge is 2.64. The first-order valence-corrected chi connectivity index (χ1v) is 10.1. The lowest BCUT2D eigenvalue weighted by atomic mass is 9.97. The Morgan fingerprint density at radius 3 is 2.41 bits per heavy atom. The number of benzene rings is 2. The molecular weight excluding hydrogens is 406 g/mol. The van der Waals surface area contributed by atoms with E-state index >= 15 is 0 Å². The fourth-order valence-corrected chi connectivity index (χ4v) is 4.22. The molecular formula is C24H21N5O3. The summed E-state index contributed by atoms with van der Waals surface area (Å²) < 4.78 is 8.06. The predicted molar refractivity (Wildman–Crippen MR) is 119 cm³/mol. The van der Waals surface area contributed by atoms with E-state index in [-0.39, 0.29) is 5.92 Å². The molecule has 32 heavy (non-hydrogen) atoms. The van der Waals surface area contributed by atoms with Gasteiger partial charge in [0.05, 0.1) is 5.52 Å². The van der Waals surface area contributed by atoms with E-state index in [9.17, 15) is 9.59 Å². The molecule has 1 saturated carbocycles. The van der Waals surface area contributed by atoms with Crippen LogP contribution >= 0.6 is 0 Å². The minimum Gasteiger partial charge on any atom is -0.457 e. The highest BCUT2D eigenvalue weighted by atomic mass is 16.5. The second-order valence-electron chi connectivity index (χ2n) is 8.03. The van der Waals surface area contributed by atoms with Crippen molar-refractivity contribution >= 4 is 22.7 Å². The van der Waals surface area contributed by atoms with Gasteiger partial charge in [0.1, 0.15) is 22.7 Å². The van der Waals surface area contributed by atoms with Crippen molar-refractivity contribution in [3.05, 3.63) is 72.7 Å². The first kappa shape index (κ1) is 19.7. The Hall–Kier alpha value is -4.20. The molecule has 4 N–H and O–H groups in total. The number of nitrogens with two attached hydrogens (primary N) is 2. The minimum absolute atomic E-state index is 0.294. The van der Waals surface area contributed by atoms with Gasteiger partial charge in [0.15, 0.2) is 0 Å². The number of rotatable bonds is 6. The van der Waals surface area contributed by atoms with Crippen molar-refractivity contribution in [1.82, 2.24) is 14.5 Å². The van der Waals surface area contributed by atoms with Crippen LogP contribution in [0.1, 0.15) is 17.9 Å². The van der Waals surface area contributed by atoms with Crippen LogP contribution in [-0.4, -0.2) is 26.3 Å². The number of aromatic nitrogens is 3. The van der Waals surface area contributed by atoms with Gasteiger partial charge in [-0.3, -0.25) is 14.6 Å². The second-order valence-corrected chi connectivity index (χ2v) is 8.03. The number of hydrogen-bond acceptors (Lipinski definition) is 5. The van der Waals surface area contributed by atoms with Crippen molar-refractivity contribution in [2.45, 2.75) is 12.3 Å². The van der Waals surface area contributed by atoms with Crippen LogP contribution in [0.3, 0.4) is 0 Å². The molecule has 2 aromatic heterocycles. The Bertz CT molecular complexity index is 1350. The van der Waals surface area contributed by atoms with Crippen molar-refractivity contribution in [1.29, 1.82) is 0 Å². The Balaban J connectivity index is 1.40. The van der Waals surface area contributed by atoms with E-state index in [1.807, 2.05) is 54.2 Å². The number of carbonyl (C=O) groups excluding carboxylic acids is 2. The third-order valence-corrected chi connectivity index (χ3v) is 6.13. The van der Waals surface area contributed by atoms with Gasteiger partial charge < -0.3 is 20.8 Å². The SMILES string of the molecule is Cn1ccnc1-c1ccc2c(Oc3ccc(C4CC4(C(N)=O)C(N)=O)cc3)ccnc2c1. The third kappa shape index (κ3) is 3.08. The number of ether oxygens (including phenoxy) is 1. The van der Waals surface area contributed by atoms with Gasteiger partial charge in [-0.25, -0.2) is 4.98 Å². The zero-order chi connectivity index (χ0) is 22.5. The average Bonchev–Trinajstić information content (AvgIpc) is 3.42. The number of carbonyl (C=O) groups is 2. The maximum Gasteiger partial charge on any atom is 0.233 e. The molecule has 8 nitrogen and oxygen atoms in total. The van der Waals surface area contributed by atoms with Crippen LogP contribution in [0.15, 0.2) is 67.1 Å². The first-order valence-electron chi connectivity index (χ1n) is 10.1. The first-order chi connectivity index (χ1) is 15.4. The van der Waals surface area contributed by atoms with Gasteiger partial charge in [0, 0.05) is 42.5 Å². The molecule has 1 atom stereocenters. The number of imidazole rings is 1. The van der Waals surface area contributed by atoms with Crippen molar-refractivity contribution in [3.63, 3.8) is 0 Å². The predicted octanol–water partition coefficient (Wildman–Crippen LogP) is 2.87. The van der Waals surface area contributed by atoms with E-state index in [2.05, 4.69) is 9.97 Å². The summed E-state index contributed by atoms with van der Waals surface area (Å²) >= 11 is 0. The maximum atomic E-state index is 11.7. The van der Waals surface area contributed by atoms with Crippen LogP contribution < -0.4 is 16.2 Å². The smallest absolute Gasteiger partial charge is 0.233 e. The van der Waals surface area contributed by atoms with E-state index < -0.39 is 17.2 Å². The van der Waals surface area contributed by atoms with Gasteiger partial charge >= 0.3 is 0 Å². The number of fused-ring (bicyclic) bond motifs is 1. The summed E-state index contributed by atoms with van der Waals surface area (Å²) in [6.07, 6.45) is 5.70. The lowest BCUT2D eigenvalue weighted by Gasteiger charge is -2.11. The molecule has 2 aromatic carbocycles. The molecule has 0 saturated heterocycles. The van der Waals surface area contributed by atoms with Crippen LogP contribution in [0.4, 0.5) is 0 Å². The summed E-state index contributed by atoms with van der Waals surface area (Å²) in [7, 11) is 1.95. The number of nitrogens with zero attached hydrogens (tertiary/aromatic N) is 3. The molecule has 2 amide bonds. The second kappa shape index (κ2) is 7.19. The fourth-order valence-electron chi connectivity index (χ4n) is 4.22. The molecule has 0 aliphatic heterocycles. The van der Waals surface area contributed by atoms with Crippen molar-refractivity contribution in [2.75, 3.05) is 0 Å². The van der Waals surface area contributed by atoms with Gasteiger partial charge in [-0.15, -0.1) is 0 Å². The van der Waals surface area contributed by atoms with E-state index in [0.717, 1.165) is 27.9 Å². The normalized spacial score (nSPS) is 16.6. The Kier molecular flexibility index (Phi) is 4.44. The molecule has 160 valence electrons. The Morgan fingerprint density at radius 1 is 1.03 bits per heavy atom. The minimum atomic E-state index is -1.28. The van der Waals surface area contributed by atoms with E-state index in [1.165, 1.54) is 0 Å². The molecule has 5 rings (SSSR count). The van der Waals surface area contributed by atoms with E-state index in [0.29, 0.717) is 17.9 Å². The van der Waals surface area contributed by atoms with Gasteiger partial charge in [-0.05, 0) is 42.3 Å². The van der Waals surface area contributed by atoms with Crippen LogP contribution in [-0.2, 0) is 16.6 Å². The largest absolute Gasteiger partial charge is 0.457 e. The number of pyridine rings is 1. The van der Waals surface area contributed by atoms with Crippen molar-refractivity contribution < 1.29 is 14.3 Å². The molecule has 1 aliphatic carbocycles. The fraction of sp³-hybridized carbons (Fsp3) is 0.167. The summed E-state index contributed by atoms with van der Waals surface area (Å²) in [6, 6.07) is 15.0. The molecule has 0 spiro atoms. The molecule has 4 aromatic rings. The van der Waals surface area contributed by atoms with Gasteiger partial charge in [0.25, 0.3) is 0 Å². The van der Waals surface area contributed by atoms with Gasteiger partial charge in [-0.1, -0.05) is 18.2 Å². The monoisotopic (exact) mass is 427 g/mol. The highest BCUT2D eigenvalue weighted by molar-refractivity contribution is 6.08. The lowest BCUT2D eigenvalue weighted by molar-refractivity contribution is -0.133. The summed E-state index contributed by atoms with van der Waals surface area (Å²) in [5, 5.41) is 0.873. The quantitative estimate of drug-likeness (QED) is 0.458. The van der Waals surface area contributed by atoms with Gasteiger partial charge in [0.2, 0.25) is 11.8 Å². The molecule has 0 radical (unpaired) electrons. The topological polar surface area (TPSA) is 126 Å². The summed E-state index contributed by atoms with van der Waals surface area (Å²) in [6.45, 7) is 0. The molecule has 1 fully saturated rings. The standard InChI is InChI=1S/C24H21N5O3/c1-29-11-10-28-21(29)15-4-7-17-19(12-15)27-9-8-20(17)32-16-5-2-14(3-6-16)18-13-24(18,22(25)30)23(26)31/h2-12,18H,13H2,1H3,(H2,25,30)(H2,26,31). The highest BCUT2D eigenvalue weighted by Crippen LogP contribution is 2.59. The van der Waals surface area contributed by atoms with Gasteiger partial charge in [-0.2, -0.15) is 0 Å². The van der Waals surface area contributed by atoms with Crippen LogP contribution in [0.5, 0.6) is 11.5 Å². The van der Waals surface area contributed by atoms with Crippen molar-refractivity contribution in [2.24, 2.45) is 23.9 Å². The zero-order valence-corrected chi connectivity index (χ0v) is 17.4. The molecule has 1 aliphatic rings. The number of hydrogen-bond donors (Lipinski definition) is 2. The van der Waals surface area contributed by atoms with E-state index in [1.54, 1.807) is 24.5 Å². The zero-order valence-electron chi connectivity index (χ0n) is 17.4. The Morgan fingerprint density at radius 2 is 1.78 bits per heavy atom. The van der Waals surface area contributed by atoms with E-state index in [4.69, 9.17) is 16.2 Å². The lowest BCUT2D eigenvalue weighted by Crippen LogP contribution is -2.38. The molecule has 8 heteroatoms. The number of primary amides is 2. The van der Waals surface area contributed by atoms with Crippen LogP contribution in [0.25, 0.3) is 22.3 Å². The Labute approximate surface area is 183 Å². The summed E-state index contributed by atoms with van der Waals surface area (Å²) in [4.78, 5) is 32.4. The average molecular weight is 427 g/mol. The van der Waals surface area contributed by atoms with Crippen LogP contribution in [0.2, 0.25) is 0 Å². The molecule has 2 heterocycles. The summed E-state index contributed by atoms with van der Waals surface area (Å²) in [5.74, 6) is 0.506. The summed E-state index contributed by atoms with van der Waals surface area (Å²) in [5.41, 5.74) is 12.2. The maximum absolute atomic E-state index is 11.7. The molecule has 0 bridgehead atoms. The van der Waals surface area contributed by atoms with Crippen molar-refractivity contribution in [3.8, 4) is 22.9 Å². The van der Waals surface area contributed by atoms with Crippen LogP contribution in [0, 0.1) is 5.41 Å².